The molecule has 2 atom stereocenters. The number of carbonyl (C=O) groups excluding carboxylic acids is 4. The largest absolute Gasteiger partial charge is 0.468 e. The van der Waals surface area contributed by atoms with Gasteiger partial charge in [0.15, 0.2) is 0 Å². The molecule has 0 saturated carbocycles. The minimum Gasteiger partial charge on any atom is -0.468 e. The van der Waals surface area contributed by atoms with Crippen LogP contribution in [-0.2, 0) is 28.7 Å². The van der Waals surface area contributed by atoms with Gasteiger partial charge in [0.25, 0.3) is 11.8 Å². The Morgan fingerprint density at radius 1 is 1.00 bits per heavy atom. The zero-order valence-corrected chi connectivity index (χ0v) is 15.1. The highest BCUT2D eigenvalue weighted by Gasteiger charge is 2.33. The first-order valence-electron chi connectivity index (χ1n) is 6.61. The second kappa shape index (κ2) is 11.7. The average molecular weight is 376 g/mol. The van der Waals surface area contributed by atoms with Crippen molar-refractivity contribution in [2.45, 2.75) is 12.1 Å². The summed E-state index contributed by atoms with van der Waals surface area (Å²) in [6.07, 6.45) is 1.84. The Morgan fingerprint density at radius 3 is 1.88 bits per heavy atom. The SMILES string of the molecule is C=CC(=O)N(C(=O)C=C)C(CSSCC(N)C(=O)OC)C(=O)OC. The maximum absolute atomic E-state index is 11.9. The standard InChI is InChI=1S/C14H20N2O6S2/c1-5-11(17)16(12(18)6-2)10(14(20)22-4)8-24-23-7-9(15)13(19)21-3/h5-6,9-10H,1-2,7-8,15H2,3-4H3. The summed E-state index contributed by atoms with van der Waals surface area (Å²) >= 11 is 0. The van der Waals surface area contributed by atoms with Gasteiger partial charge in [-0.05, 0) is 12.2 Å². The molecular formula is C14H20N2O6S2. The summed E-state index contributed by atoms with van der Waals surface area (Å²) in [6, 6.07) is -1.97. The third kappa shape index (κ3) is 6.77. The minimum atomic E-state index is -1.15. The molecule has 8 nitrogen and oxygen atoms in total. The Hall–Kier alpha value is -1.78. The van der Waals surface area contributed by atoms with Gasteiger partial charge >= 0.3 is 11.9 Å². The predicted octanol–water partition coefficient (Wildman–Crippen LogP) is 0.137. The highest BCUT2D eigenvalue weighted by atomic mass is 33.1. The van der Waals surface area contributed by atoms with Crippen LogP contribution in [0.4, 0.5) is 0 Å². The number of hydrogen-bond acceptors (Lipinski definition) is 9. The molecule has 0 aromatic rings. The summed E-state index contributed by atoms with van der Waals surface area (Å²) in [5, 5.41) is 0. The van der Waals surface area contributed by atoms with Gasteiger partial charge in [-0.3, -0.25) is 19.3 Å². The molecule has 24 heavy (non-hydrogen) atoms. The molecule has 0 aromatic heterocycles. The van der Waals surface area contributed by atoms with E-state index in [9.17, 15) is 19.2 Å². The second-order valence-corrected chi connectivity index (χ2v) is 6.74. The van der Waals surface area contributed by atoms with Crippen molar-refractivity contribution < 1.29 is 28.7 Å². The molecule has 0 aliphatic heterocycles. The maximum atomic E-state index is 11.9. The topological polar surface area (TPSA) is 116 Å². The molecule has 0 rings (SSSR count). The van der Waals surface area contributed by atoms with E-state index in [2.05, 4.69) is 22.6 Å². The quantitative estimate of drug-likeness (QED) is 0.246. The van der Waals surface area contributed by atoms with E-state index < -0.39 is 35.8 Å². The van der Waals surface area contributed by atoms with Gasteiger partial charge in [-0.1, -0.05) is 34.7 Å². The number of imide groups is 1. The van der Waals surface area contributed by atoms with Crippen LogP contribution in [0.5, 0.6) is 0 Å². The van der Waals surface area contributed by atoms with Crippen molar-refractivity contribution in [2.24, 2.45) is 5.73 Å². The van der Waals surface area contributed by atoms with Crippen LogP contribution in [0, 0.1) is 0 Å². The van der Waals surface area contributed by atoms with Crippen molar-refractivity contribution in [1.29, 1.82) is 0 Å². The van der Waals surface area contributed by atoms with Crippen LogP contribution >= 0.6 is 21.6 Å². The van der Waals surface area contributed by atoms with E-state index >= 15 is 0 Å². The lowest BCUT2D eigenvalue weighted by Crippen LogP contribution is -2.49. The summed E-state index contributed by atoms with van der Waals surface area (Å²) < 4.78 is 9.14. The molecule has 0 spiro atoms. The van der Waals surface area contributed by atoms with E-state index in [1.165, 1.54) is 17.9 Å². The van der Waals surface area contributed by atoms with Gasteiger partial charge in [0.05, 0.1) is 14.2 Å². The van der Waals surface area contributed by atoms with Gasteiger partial charge in [-0.25, -0.2) is 4.79 Å². The van der Waals surface area contributed by atoms with Crippen molar-refractivity contribution in [2.75, 3.05) is 25.7 Å². The molecular weight excluding hydrogens is 356 g/mol. The lowest BCUT2D eigenvalue weighted by Gasteiger charge is -2.25. The van der Waals surface area contributed by atoms with E-state index in [0.717, 1.165) is 35.0 Å². The summed E-state index contributed by atoms with van der Waals surface area (Å²) in [7, 11) is 4.74. The molecule has 0 fully saturated rings. The van der Waals surface area contributed by atoms with Gasteiger partial charge in [0.2, 0.25) is 0 Å². The molecule has 0 aliphatic rings. The predicted molar refractivity (Wildman–Crippen MR) is 93.0 cm³/mol. The van der Waals surface area contributed by atoms with Crippen LogP contribution < -0.4 is 5.73 Å². The number of hydrogen-bond donors (Lipinski definition) is 1. The number of methoxy groups -OCH3 is 2. The average Bonchev–Trinajstić information content (AvgIpc) is 2.61. The zero-order valence-electron chi connectivity index (χ0n) is 13.4. The molecule has 10 heteroatoms. The van der Waals surface area contributed by atoms with Crippen molar-refractivity contribution in [3.05, 3.63) is 25.3 Å². The Bertz CT molecular complexity index is 491. The third-order valence-electron chi connectivity index (χ3n) is 2.67. The molecule has 0 saturated heterocycles. The van der Waals surface area contributed by atoms with Crippen LogP contribution in [0.3, 0.4) is 0 Å². The van der Waals surface area contributed by atoms with E-state index in [0.29, 0.717) is 0 Å². The van der Waals surface area contributed by atoms with Crippen LogP contribution in [0.15, 0.2) is 25.3 Å². The Balaban J connectivity index is 4.94. The number of amides is 2. The van der Waals surface area contributed by atoms with Gasteiger partial charge in [-0.2, -0.15) is 0 Å². The maximum Gasteiger partial charge on any atom is 0.330 e. The monoisotopic (exact) mass is 376 g/mol. The van der Waals surface area contributed by atoms with E-state index in [1.54, 1.807) is 0 Å². The summed E-state index contributed by atoms with van der Waals surface area (Å²) in [5.41, 5.74) is 5.58. The molecule has 2 unspecified atom stereocenters. The molecule has 0 heterocycles. The van der Waals surface area contributed by atoms with Gasteiger partial charge < -0.3 is 15.2 Å². The highest BCUT2D eigenvalue weighted by Crippen LogP contribution is 2.25. The van der Waals surface area contributed by atoms with Crippen LogP contribution in [0.1, 0.15) is 0 Å². The normalized spacial score (nSPS) is 12.5. The van der Waals surface area contributed by atoms with Crippen LogP contribution in [-0.4, -0.2) is 66.5 Å². The molecule has 2 amide bonds. The van der Waals surface area contributed by atoms with E-state index in [-0.39, 0.29) is 11.5 Å². The lowest BCUT2D eigenvalue weighted by atomic mass is 10.2. The number of rotatable bonds is 10. The first kappa shape index (κ1) is 22.2. The van der Waals surface area contributed by atoms with Crippen LogP contribution in [0.25, 0.3) is 0 Å². The van der Waals surface area contributed by atoms with Gasteiger partial charge in [-0.15, -0.1) is 0 Å². The third-order valence-corrected chi connectivity index (χ3v) is 5.10. The van der Waals surface area contributed by atoms with Crippen molar-refractivity contribution in [3.63, 3.8) is 0 Å². The number of carbonyl (C=O) groups is 4. The number of esters is 2. The molecule has 0 radical (unpaired) electrons. The van der Waals surface area contributed by atoms with Gasteiger partial charge in [0, 0.05) is 11.5 Å². The fraction of sp³-hybridized carbons (Fsp3) is 0.429. The Labute approximate surface area is 148 Å². The highest BCUT2D eigenvalue weighted by molar-refractivity contribution is 8.76. The Morgan fingerprint density at radius 2 is 1.46 bits per heavy atom. The van der Waals surface area contributed by atoms with Crippen molar-refractivity contribution >= 4 is 45.3 Å². The number of nitrogens with two attached hydrogens (primary N) is 1. The summed E-state index contributed by atoms with van der Waals surface area (Å²) in [4.78, 5) is 47.6. The molecule has 0 bridgehead atoms. The van der Waals surface area contributed by atoms with Crippen LogP contribution in [0.2, 0.25) is 0 Å². The molecule has 2 N–H and O–H groups in total. The molecule has 0 aromatic carbocycles. The molecule has 0 aliphatic carbocycles. The van der Waals surface area contributed by atoms with Gasteiger partial charge in [0.1, 0.15) is 12.1 Å². The van der Waals surface area contributed by atoms with Crippen molar-refractivity contribution in [1.82, 2.24) is 4.90 Å². The fourth-order valence-electron chi connectivity index (χ4n) is 1.45. The second-order valence-electron chi connectivity index (χ2n) is 4.19. The minimum absolute atomic E-state index is 0.0460. The molecule has 134 valence electrons. The number of nitrogens with zero attached hydrogens (tertiary/aromatic N) is 1. The Kier molecular flexibility index (Phi) is 10.8. The first-order valence-corrected chi connectivity index (χ1v) is 9.10. The smallest absolute Gasteiger partial charge is 0.330 e. The first-order chi connectivity index (χ1) is 11.3. The number of ether oxygens (including phenoxy) is 2. The summed E-state index contributed by atoms with van der Waals surface area (Å²) in [5.74, 6) is -2.52. The van der Waals surface area contributed by atoms with Crippen molar-refractivity contribution in [3.8, 4) is 0 Å². The lowest BCUT2D eigenvalue weighted by molar-refractivity contribution is -0.155. The zero-order chi connectivity index (χ0) is 18.7. The van der Waals surface area contributed by atoms with E-state index in [4.69, 9.17) is 5.73 Å². The summed E-state index contributed by atoms with van der Waals surface area (Å²) in [6.45, 7) is 6.61. The fourth-order valence-corrected chi connectivity index (χ4v) is 3.74. The van der Waals surface area contributed by atoms with E-state index in [1.807, 2.05) is 0 Å².